The second-order valence-corrected chi connectivity index (χ2v) is 5.37. The van der Waals surface area contributed by atoms with Crippen molar-refractivity contribution in [1.82, 2.24) is 4.98 Å². The zero-order valence-corrected chi connectivity index (χ0v) is 11.7. The molecule has 0 saturated heterocycles. The fourth-order valence-corrected chi connectivity index (χ4v) is 2.76. The van der Waals surface area contributed by atoms with Gasteiger partial charge in [-0.15, -0.1) is 0 Å². The summed E-state index contributed by atoms with van der Waals surface area (Å²) in [4.78, 5) is 4.78. The molecular weight excluding hydrogens is 254 g/mol. The lowest BCUT2D eigenvalue weighted by atomic mass is 10.0. The van der Waals surface area contributed by atoms with Crippen LogP contribution in [0.5, 0.6) is 0 Å². The maximum atomic E-state index is 4.78. The number of rotatable bonds is 2. The van der Waals surface area contributed by atoms with E-state index in [1.807, 2.05) is 6.07 Å². The van der Waals surface area contributed by atoms with E-state index in [4.69, 9.17) is 4.98 Å². The first-order chi connectivity index (χ1) is 10.4. The topological polar surface area (TPSA) is 12.9 Å². The first kappa shape index (κ1) is 12.1. The Labute approximate surface area is 123 Å². The van der Waals surface area contributed by atoms with E-state index in [0.717, 1.165) is 17.5 Å². The first-order valence-corrected chi connectivity index (χ1v) is 7.21. The summed E-state index contributed by atoms with van der Waals surface area (Å²) in [5.41, 5.74) is 4.76. The minimum Gasteiger partial charge on any atom is -0.248 e. The Morgan fingerprint density at radius 2 is 1.33 bits per heavy atom. The third kappa shape index (κ3) is 2.38. The van der Waals surface area contributed by atoms with E-state index >= 15 is 0 Å². The second-order valence-electron chi connectivity index (χ2n) is 5.37. The third-order valence-electron chi connectivity index (χ3n) is 3.83. The minimum absolute atomic E-state index is 0.950. The highest BCUT2D eigenvalue weighted by molar-refractivity contribution is 5.92. The Balaban J connectivity index is 1.80. The van der Waals surface area contributed by atoms with Gasteiger partial charge >= 0.3 is 0 Å². The van der Waals surface area contributed by atoms with Gasteiger partial charge in [0.1, 0.15) is 0 Å². The van der Waals surface area contributed by atoms with Crippen LogP contribution in [0.3, 0.4) is 0 Å². The monoisotopic (exact) mass is 269 g/mol. The molecule has 0 bridgehead atoms. The van der Waals surface area contributed by atoms with Crippen molar-refractivity contribution in [3.63, 3.8) is 0 Å². The largest absolute Gasteiger partial charge is 0.248 e. The summed E-state index contributed by atoms with van der Waals surface area (Å²) in [6.07, 6.45) is 0.950. The van der Waals surface area contributed by atoms with Crippen molar-refractivity contribution >= 4 is 21.8 Å². The summed E-state index contributed by atoms with van der Waals surface area (Å²) in [6.45, 7) is 0. The molecule has 1 aromatic heterocycles. The number of aromatic nitrogens is 1. The van der Waals surface area contributed by atoms with Crippen LogP contribution in [0.2, 0.25) is 0 Å². The van der Waals surface area contributed by atoms with Crippen LogP contribution in [0.1, 0.15) is 11.1 Å². The van der Waals surface area contributed by atoms with Crippen LogP contribution in [0, 0.1) is 0 Å². The molecule has 0 saturated carbocycles. The van der Waals surface area contributed by atoms with Crippen molar-refractivity contribution in [2.75, 3.05) is 0 Å². The number of hydrogen-bond donors (Lipinski definition) is 0. The van der Waals surface area contributed by atoms with Gasteiger partial charge in [-0.05, 0) is 35.7 Å². The van der Waals surface area contributed by atoms with Crippen LogP contribution in [0.25, 0.3) is 21.8 Å². The molecule has 0 fully saturated rings. The van der Waals surface area contributed by atoms with Gasteiger partial charge in [-0.2, -0.15) is 0 Å². The van der Waals surface area contributed by atoms with Gasteiger partial charge in [-0.3, -0.25) is 0 Å². The molecule has 3 aromatic carbocycles. The summed E-state index contributed by atoms with van der Waals surface area (Å²) in [5, 5.41) is 2.39. The maximum absolute atomic E-state index is 4.78. The summed E-state index contributed by atoms with van der Waals surface area (Å²) >= 11 is 0. The first-order valence-electron chi connectivity index (χ1n) is 7.21. The summed E-state index contributed by atoms with van der Waals surface area (Å²) in [6, 6.07) is 27.6. The van der Waals surface area contributed by atoms with Crippen molar-refractivity contribution in [3.8, 4) is 0 Å². The number of pyridine rings is 1. The van der Waals surface area contributed by atoms with E-state index < -0.39 is 0 Å². The highest BCUT2D eigenvalue weighted by atomic mass is 14.7. The molecule has 4 aromatic rings. The predicted octanol–water partition coefficient (Wildman–Crippen LogP) is 4.98. The molecule has 0 atom stereocenters. The van der Waals surface area contributed by atoms with Crippen molar-refractivity contribution in [2.24, 2.45) is 0 Å². The lowest BCUT2D eigenvalue weighted by Crippen LogP contribution is -1.89. The van der Waals surface area contributed by atoms with E-state index in [9.17, 15) is 0 Å². The zero-order chi connectivity index (χ0) is 14.1. The Morgan fingerprint density at radius 1 is 0.571 bits per heavy atom. The third-order valence-corrected chi connectivity index (χ3v) is 3.83. The second kappa shape index (κ2) is 5.02. The predicted molar refractivity (Wildman–Crippen MR) is 88.5 cm³/mol. The lowest BCUT2D eigenvalue weighted by Gasteiger charge is -2.05. The van der Waals surface area contributed by atoms with Gasteiger partial charge in [-0.25, -0.2) is 4.98 Å². The molecule has 0 amide bonds. The van der Waals surface area contributed by atoms with Crippen molar-refractivity contribution < 1.29 is 0 Å². The fraction of sp³-hybridized carbons (Fsp3) is 0.0500. The van der Waals surface area contributed by atoms with Gasteiger partial charge in [0.15, 0.2) is 0 Å². The molecule has 0 aliphatic carbocycles. The van der Waals surface area contributed by atoms with E-state index in [2.05, 4.69) is 72.8 Å². The van der Waals surface area contributed by atoms with Crippen molar-refractivity contribution in [2.45, 2.75) is 6.42 Å². The van der Waals surface area contributed by atoms with Crippen LogP contribution in [0.4, 0.5) is 0 Å². The standard InChI is InChI=1S/C20H15N/c1-2-6-15(7-3-1)12-16-10-11-18-14-17-8-4-5-9-19(17)21-20(18)13-16/h1-11,13-14H,12H2. The zero-order valence-electron chi connectivity index (χ0n) is 11.7. The molecule has 21 heavy (non-hydrogen) atoms. The molecular formula is C20H15N. The van der Waals surface area contributed by atoms with Crippen LogP contribution in [-0.2, 0) is 6.42 Å². The average molecular weight is 269 g/mol. The van der Waals surface area contributed by atoms with Gasteiger partial charge in [0.2, 0.25) is 0 Å². The molecule has 0 aliphatic rings. The van der Waals surface area contributed by atoms with Crippen LogP contribution in [0.15, 0.2) is 78.9 Å². The molecule has 100 valence electrons. The molecule has 4 rings (SSSR count). The Bertz CT molecular complexity index is 910. The van der Waals surface area contributed by atoms with Gasteiger partial charge in [0.25, 0.3) is 0 Å². The molecule has 0 N–H and O–H groups in total. The Morgan fingerprint density at radius 3 is 2.24 bits per heavy atom. The van der Waals surface area contributed by atoms with Gasteiger partial charge in [0, 0.05) is 10.8 Å². The highest BCUT2D eigenvalue weighted by Gasteiger charge is 2.02. The lowest BCUT2D eigenvalue weighted by molar-refractivity contribution is 1.20. The summed E-state index contributed by atoms with van der Waals surface area (Å²) in [5.74, 6) is 0. The molecule has 1 heteroatoms. The van der Waals surface area contributed by atoms with Gasteiger partial charge in [-0.1, -0.05) is 60.7 Å². The van der Waals surface area contributed by atoms with E-state index in [0.29, 0.717) is 0 Å². The number of para-hydroxylation sites is 1. The molecule has 1 nitrogen and oxygen atoms in total. The molecule has 0 radical (unpaired) electrons. The quantitative estimate of drug-likeness (QED) is 0.468. The fourth-order valence-electron chi connectivity index (χ4n) is 2.76. The molecule has 0 unspecified atom stereocenters. The van der Waals surface area contributed by atoms with Crippen LogP contribution in [-0.4, -0.2) is 4.98 Å². The van der Waals surface area contributed by atoms with Gasteiger partial charge in [0.05, 0.1) is 11.0 Å². The SMILES string of the molecule is c1ccc(Cc2ccc3cc4ccccc4nc3c2)cc1. The molecule has 0 spiro atoms. The maximum Gasteiger partial charge on any atom is 0.0712 e. The van der Waals surface area contributed by atoms with Crippen molar-refractivity contribution in [3.05, 3.63) is 90.0 Å². The van der Waals surface area contributed by atoms with Crippen LogP contribution < -0.4 is 0 Å². The number of nitrogens with zero attached hydrogens (tertiary/aromatic N) is 1. The number of benzene rings is 3. The Kier molecular flexibility index (Phi) is 2.89. The average Bonchev–Trinajstić information content (AvgIpc) is 2.54. The number of hydrogen-bond acceptors (Lipinski definition) is 1. The van der Waals surface area contributed by atoms with E-state index in [1.165, 1.54) is 21.9 Å². The van der Waals surface area contributed by atoms with Crippen LogP contribution >= 0.6 is 0 Å². The minimum atomic E-state index is 0.950. The summed E-state index contributed by atoms with van der Waals surface area (Å²) < 4.78 is 0. The molecule has 0 aliphatic heterocycles. The highest BCUT2D eigenvalue weighted by Crippen LogP contribution is 2.21. The Hall–Kier alpha value is -2.67. The van der Waals surface area contributed by atoms with Gasteiger partial charge < -0.3 is 0 Å². The smallest absolute Gasteiger partial charge is 0.0712 e. The molecule has 1 heterocycles. The van der Waals surface area contributed by atoms with E-state index in [1.54, 1.807) is 0 Å². The van der Waals surface area contributed by atoms with Crippen molar-refractivity contribution in [1.29, 1.82) is 0 Å². The van der Waals surface area contributed by atoms with E-state index in [-0.39, 0.29) is 0 Å². The normalized spacial score (nSPS) is 11.0. The number of fused-ring (bicyclic) bond motifs is 2. The summed E-state index contributed by atoms with van der Waals surface area (Å²) in [7, 11) is 0.